The summed E-state index contributed by atoms with van der Waals surface area (Å²) in [5, 5.41) is 6.64. The van der Waals surface area contributed by atoms with Crippen molar-refractivity contribution in [2.24, 2.45) is 9.98 Å². The van der Waals surface area contributed by atoms with E-state index in [1.807, 2.05) is 0 Å². The molecule has 0 saturated heterocycles. The first kappa shape index (κ1) is 24.1. The standard InChI is InChI=1S/C38H22BClN4/c40-39-43-34-26-18-8-9-19-27(26)35(43)32(24-15-5-2-6-16-24)36-28-20-10-12-22-30(28)38(44(36)39)42-37-29-21-11-7-17-25(29)33(41-37)31(34)23-13-3-1-4-14-23/h1-22H. The number of hydrogen-bond acceptors (Lipinski definition) is 2. The third kappa shape index (κ3) is 3.04. The molecule has 5 aromatic carbocycles. The van der Waals surface area contributed by atoms with E-state index in [1.54, 1.807) is 0 Å². The molecule has 0 amide bonds. The minimum atomic E-state index is -0.568. The minimum Gasteiger partial charge on any atom is -0.349 e. The molecule has 0 radical (unpaired) electrons. The van der Waals surface area contributed by atoms with Crippen molar-refractivity contribution in [2.45, 2.75) is 0 Å². The lowest BCUT2D eigenvalue weighted by Crippen LogP contribution is -2.48. The maximum Gasteiger partial charge on any atom is 0.496 e. The summed E-state index contributed by atoms with van der Waals surface area (Å²) < 4.78 is 4.55. The summed E-state index contributed by atoms with van der Waals surface area (Å²) in [6, 6.07) is 46.9. The molecule has 10 rings (SSSR count). The Morgan fingerprint density at radius 2 is 1.00 bits per heavy atom. The fourth-order valence-corrected chi connectivity index (χ4v) is 7.79. The van der Waals surface area contributed by atoms with Crippen LogP contribution in [0, 0.1) is 0 Å². The Hall–Kier alpha value is -5.39. The average Bonchev–Trinajstić information content (AvgIpc) is 3.72. The van der Waals surface area contributed by atoms with E-state index < -0.39 is 6.40 Å². The summed E-state index contributed by atoms with van der Waals surface area (Å²) in [6.07, 6.45) is -0.568. The zero-order valence-corrected chi connectivity index (χ0v) is 24.2. The van der Waals surface area contributed by atoms with Crippen molar-refractivity contribution in [1.29, 1.82) is 0 Å². The van der Waals surface area contributed by atoms with Crippen LogP contribution in [-0.2, 0) is 0 Å². The van der Waals surface area contributed by atoms with Crippen LogP contribution in [0.15, 0.2) is 143 Å². The Bertz CT molecular complexity index is 2560. The molecule has 6 heteroatoms. The van der Waals surface area contributed by atoms with Crippen LogP contribution in [0.1, 0.15) is 27.9 Å². The first-order chi connectivity index (χ1) is 21.8. The molecule has 4 nitrogen and oxygen atoms in total. The molecule has 0 unspecified atom stereocenters. The summed E-state index contributed by atoms with van der Waals surface area (Å²) in [5.41, 5.74) is 8.50. The van der Waals surface area contributed by atoms with E-state index in [1.165, 1.54) is 0 Å². The molecular weight excluding hydrogens is 559 g/mol. The highest BCUT2D eigenvalue weighted by Crippen LogP contribution is 2.42. The molecule has 4 bridgehead atoms. The van der Waals surface area contributed by atoms with Gasteiger partial charge in [-0.15, -0.1) is 11.5 Å². The Morgan fingerprint density at radius 1 is 0.477 bits per heavy atom. The van der Waals surface area contributed by atoms with Gasteiger partial charge in [-0.3, -0.25) is 0 Å². The van der Waals surface area contributed by atoms with Gasteiger partial charge in [0.2, 0.25) is 0 Å². The molecule has 0 spiro atoms. The van der Waals surface area contributed by atoms with Crippen LogP contribution < -0.4 is 10.7 Å². The largest absolute Gasteiger partial charge is 0.496 e. The van der Waals surface area contributed by atoms with E-state index in [9.17, 15) is 0 Å². The van der Waals surface area contributed by atoms with Crippen LogP contribution >= 0.6 is 11.5 Å². The molecular formula is C38H22BClN4. The van der Waals surface area contributed by atoms with E-state index in [-0.39, 0.29) is 0 Å². The molecule has 5 heterocycles. The normalized spacial score (nSPS) is 14.6. The Labute approximate surface area is 258 Å². The molecule has 44 heavy (non-hydrogen) atoms. The molecule has 0 aliphatic carbocycles. The molecule has 2 aromatic heterocycles. The number of benzene rings is 5. The number of aliphatic imine (C=N–C) groups is 2. The number of aromatic nitrogens is 2. The van der Waals surface area contributed by atoms with Gasteiger partial charge in [0.05, 0.1) is 11.4 Å². The first-order valence-electron chi connectivity index (χ1n) is 14.8. The van der Waals surface area contributed by atoms with Crippen LogP contribution in [0.4, 0.5) is 5.82 Å². The number of halogens is 1. The van der Waals surface area contributed by atoms with E-state index in [4.69, 9.17) is 21.4 Å². The maximum atomic E-state index is 7.79. The Kier molecular flexibility index (Phi) is 4.83. The number of nitrogens with zero attached hydrogens (tertiary/aromatic N) is 4. The van der Waals surface area contributed by atoms with Gasteiger partial charge in [-0.25, -0.2) is 9.98 Å². The Morgan fingerprint density at radius 3 is 1.68 bits per heavy atom. The predicted molar refractivity (Wildman–Crippen MR) is 182 cm³/mol. The van der Waals surface area contributed by atoms with Crippen molar-refractivity contribution in [3.05, 3.63) is 172 Å². The number of fused-ring (bicyclic) bond motifs is 10. The van der Waals surface area contributed by atoms with Gasteiger partial charge in [-0.2, -0.15) is 0 Å². The van der Waals surface area contributed by atoms with Crippen molar-refractivity contribution in [3.63, 3.8) is 0 Å². The van der Waals surface area contributed by atoms with Crippen LogP contribution in [0.2, 0.25) is 0 Å². The van der Waals surface area contributed by atoms with Gasteiger partial charge in [0, 0.05) is 54.5 Å². The second kappa shape index (κ2) is 8.82. The Balaban J connectivity index is 1.58. The van der Waals surface area contributed by atoms with E-state index in [2.05, 4.69) is 142 Å². The second-order valence-corrected chi connectivity index (χ2v) is 11.8. The topological polar surface area (TPSA) is 34.6 Å². The third-order valence-electron chi connectivity index (χ3n) is 9.16. The maximum absolute atomic E-state index is 7.79. The highest BCUT2D eigenvalue weighted by atomic mass is 35.5. The van der Waals surface area contributed by atoms with E-state index >= 15 is 0 Å². The van der Waals surface area contributed by atoms with Gasteiger partial charge in [-0.05, 0) is 11.1 Å². The summed E-state index contributed by atoms with van der Waals surface area (Å²) in [7, 11) is 0. The summed E-state index contributed by atoms with van der Waals surface area (Å²) in [6.45, 7) is 0. The lowest BCUT2D eigenvalue weighted by Gasteiger charge is -2.25. The lowest BCUT2D eigenvalue weighted by atomic mass is 9.92. The van der Waals surface area contributed by atoms with Gasteiger partial charge in [-0.1, -0.05) is 133 Å². The quantitative estimate of drug-likeness (QED) is 0.200. The molecule has 3 aliphatic heterocycles. The van der Waals surface area contributed by atoms with E-state index in [0.717, 1.165) is 82.9 Å². The number of amidine groups is 1. The zero-order chi connectivity index (χ0) is 28.9. The van der Waals surface area contributed by atoms with Gasteiger partial charge in [0.15, 0.2) is 5.84 Å². The molecule has 7 aromatic rings. The van der Waals surface area contributed by atoms with Crippen LogP contribution in [0.5, 0.6) is 0 Å². The van der Waals surface area contributed by atoms with Gasteiger partial charge >= 0.3 is 6.40 Å². The van der Waals surface area contributed by atoms with E-state index in [0.29, 0.717) is 5.84 Å². The smallest absolute Gasteiger partial charge is 0.349 e. The average molecular weight is 581 g/mol. The molecule has 204 valence electrons. The van der Waals surface area contributed by atoms with Crippen molar-refractivity contribution in [3.8, 4) is 0 Å². The summed E-state index contributed by atoms with van der Waals surface area (Å²) in [4.78, 5) is 10.7. The molecule has 3 aliphatic rings. The molecule has 0 fully saturated rings. The van der Waals surface area contributed by atoms with Crippen molar-refractivity contribution >= 4 is 67.9 Å². The van der Waals surface area contributed by atoms with Crippen LogP contribution in [-0.4, -0.2) is 26.9 Å². The zero-order valence-electron chi connectivity index (χ0n) is 23.4. The van der Waals surface area contributed by atoms with Gasteiger partial charge in [0.25, 0.3) is 0 Å². The highest BCUT2D eigenvalue weighted by molar-refractivity contribution is 7.05. The molecule has 0 saturated carbocycles. The van der Waals surface area contributed by atoms with Crippen molar-refractivity contribution in [2.75, 3.05) is 0 Å². The number of hydrogen-bond donors (Lipinski definition) is 0. The van der Waals surface area contributed by atoms with Crippen LogP contribution in [0.3, 0.4) is 0 Å². The fourth-order valence-electron chi connectivity index (χ4n) is 7.40. The SMILES string of the molecule is ClB1n2c3c4ccccc4c2C(c2ccccc2)=c2c4ccccc4c(n21)=C(c1ccccc1)C1=NC(=N3)c2ccccc21. The van der Waals surface area contributed by atoms with Crippen molar-refractivity contribution < 1.29 is 0 Å². The van der Waals surface area contributed by atoms with Gasteiger partial charge in [0.1, 0.15) is 5.82 Å². The first-order valence-corrected chi connectivity index (χ1v) is 15.3. The minimum absolute atomic E-state index is 0.568. The van der Waals surface area contributed by atoms with Crippen LogP contribution in [0.25, 0.3) is 32.7 Å². The molecule has 0 atom stereocenters. The predicted octanol–water partition coefficient (Wildman–Crippen LogP) is 6.87. The second-order valence-electron chi connectivity index (χ2n) is 11.4. The summed E-state index contributed by atoms with van der Waals surface area (Å²) >= 11 is 7.79. The number of rotatable bonds is 2. The monoisotopic (exact) mass is 580 g/mol. The highest BCUT2D eigenvalue weighted by Gasteiger charge is 2.38. The van der Waals surface area contributed by atoms with Gasteiger partial charge < -0.3 is 8.96 Å². The summed E-state index contributed by atoms with van der Waals surface area (Å²) in [5.74, 6) is 1.52. The lowest BCUT2D eigenvalue weighted by molar-refractivity contribution is 0.998. The van der Waals surface area contributed by atoms with Crippen molar-refractivity contribution in [1.82, 2.24) is 8.96 Å². The molecule has 0 N–H and O–H groups in total. The third-order valence-corrected chi connectivity index (χ3v) is 9.55. The fraction of sp³-hybridized carbons (Fsp3) is 0.